The summed E-state index contributed by atoms with van der Waals surface area (Å²) in [6.07, 6.45) is 3.17. The summed E-state index contributed by atoms with van der Waals surface area (Å²) in [7, 11) is 0. The van der Waals surface area contributed by atoms with Gasteiger partial charge in [0.25, 0.3) is 0 Å². The van der Waals surface area contributed by atoms with E-state index in [-0.39, 0.29) is 0 Å². The maximum Gasteiger partial charge on any atom is 0.235 e. The Morgan fingerprint density at radius 3 is 2.75 bits per heavy atom. The number of fused-ring (bicyclic) bond motifs is 1. The normalized spacial score (nSPS) is 14.8. The lowest BCUT2D eigenvalue weighted by Gasteiger charge is -2.06. The average molecular weight is 221 g/mol. The maximum absolute atomic E-state index is 10.2. The van der Waals surface area contributed by atoms with Crippen LogP contribution < -0.4 is 9.47 Å². The molecule has 1 aromatic rings. The summed E-state index contributed by atoms with van der Waals surface area (Å²) >= 11 is 0. The zero-order chi connectivity index (χ0) is 11.4. The number of ether oxygens (including phenoxy) is 2. The van der Waals surface area contributed by atoms with Crippen molar-refractivity contribution in [1.29, 1.82) is 0 Å². The molecule has 1 aliphatic rings. The zero-order valence-electron chi connectivity index (χ0n) is 8.59. The summed E-state index contributed by atoms with van der Waals surface area (Å²) in [5.41, 5.74) is 0.723. The van der Waals surface area contributed by atoms with Gasteiger partial charge in [0.2, 0.25) is 6.20 Å². The molecule has 0 saturated carbocycles. The third-order valence-corrected chi connectivity index (χ3v) is 2.16. The standard InChI is InChI=1S/C11H11NO4/c13-12(14)5-4-9-2-3-10-11(8-9)16-7-1-6-15-10/h2-5,8H,1,6-7H2/b5-4+. The van der Waals surface area contributed by atoms with Gasteiger partial charge in [0.15, 0.2) is 11.5 Å². The highest BCUT2D eigenvalue weighted by atomic mass is 16.6. The molecule has 0 aliphatic carbocycles. The van der Waals surface area contributed by atoms with Crippen molar-refractivity contribution < 1.29 is 14.4 Å². The van der Waals surface area contributed by atoms with Gasteiger partial charge in [-0.1, -0.05) is 6.07 Å². The summed E-state index contributed by atoms with van der Waals surface area (Å²) < 4.78 is 10.9. The lowest BCUT2D eigenvalue weighted by atomic mass is 10.2. The fraction of sp³-hybridized carbons (Fsp3) is 0.273. The third-order valence-electron chi connectivity index (χ3n) is 2.16. The number of nitrogens with zero attached hydrogens (tertiary/aromatic N) is 1. The molecular weight excluding hydrogens is 210 g/mol. The Morgan fingerprint density at radius 1 is 1.25 bits per heavy atom. The first-order chi connectivity index (χ1) is 7.75. The minimum atomic E-state index is -0.497. The van der Waals surface area contributed by atoms with Gasteiger partial charge < -0.3 is 9.47 Å². The van der Waals surface area contributed by atoms with E-state index >= 15 is 0 Å². The molecule has 2 rings (SSSR count). The van der Waals surface area contributed by atoms with E-state index in [1.807, 2.05) is 0 Å². The summed E-state index contributed by atoms with van der Waals surface area (Å²) in [6.45, 7) is 1.24. The van der Waals surface area contributed by atoms with Crippen LogP contribution in [0.5, 0.6) is 11.5 Å². The average Bonchev–Trinajstić information content (AvgIpc) is 2.50. The highest BCUT2D eigenvalue weighted by Gasteiger charge is 2.09. The highest BCUT2D eigenvalue weighted by Crippen LogP contribution is 2.30. The monoisotopic (exact) mass is 221 g/mol. The number of rotatable bonds is 2. The van der Waals surface area contributed by atoms with Crippen LogP contribution in [-0.4, -0.2) is 18.1 Å². The van der Waals surface area contributed by atoms with Crippen LogP contribution in [-0.2, 0) is 0 Å². The van der Waals surface area contributed by atoms with Crippen LogP contribution >= 0.6 is 0 Å². The number of hydrogen-bond acceptors (Lipinski definition) is 4. The molecule has 0 aromatic heterocycles. The highest BCUT2D eigenvalue weighted by molar-refractivity contribution is 5.55. The van der Waals surface area contributed by atoms with E-state index in [1.54, 1.807) is 18.2 Å². The second-order valence-electron chi connectivity index (χ2n) is 3.36. The Balaban J connectivity index is 2.24. The van der Waals surface area contributed by atoms with Gasteiger partial charge in [0.1, 0.15) is 0 Å². The Bertz CT molecular complexity index is 428. The SMILES string of the molecule is O=[N+]([O-])/C=C/c1ccc2c(c1)OCCCO2. The third kappa shape index (κ3) is 2.50. The fourth-order valence-electron chi connectivity index (χ4n) is 1.43. The molecule has 0 spiro atoms. The molecule has 1 aromatic carbocycles. The fourth-order valence-corrected chi connectivity index (χ4v) is 1.43. The van der Waals surface area contributed by atoms with Crippen molar-refractivity contribution in [2.75, 3.05) is 13.2 Å². The van der Waals surface area contributed by atoms with Crippen molar-refractivity contribution in [3.05, 3.63) is 40.1 Å². The van der Waals surface area contributed by atoms with Crippen molar-refractivity contribution in [3.8, 4) is 11.5 Å². The molecule has 84 valence electrons. The lowest BCUT2D eigenvalue weighted by molar-refractivity contribution is -0.400. The van der Waals surface area contributed by atoms with Crippen molar-refractivity contribution in [2.24, 2.45) is 0 Å². The molecule has 16 heavy (non-hydrogen) atoms. The van der Waals surface area contributed by atoms with Crippen LogP contribution in [0.4, 0.5) is 0 Å². The molecule has 0 N–H and O–H groups in total. The molecule has 0 bridgehead atoms. The van der Waals surface area contributed by atoms with E-state index in [0.717, 1.165) is 18.2 Å². The van der Waals surface area contributed by atoms with Crippen molar-refractivity contribution >= 4 is 6.08 Å². The van der Waals surface area contributed by atoms with Gasteiger partial charge in [-0.3, -0.25) is 10.1 Å². The number of benzene rings is 1. The van der Waals surface area contributed by atoms with E-state index in [2.05, 4.69) is 0 Å². The Hall–Kier alpha value is -2.04. The van der Waals surface area contributed by atoms with Gasteiger partial charge in [0, 0.05) is 12.5 Å². The van der Waals surface area contributed by atoms with Crippen molar-refractivity contribution in [3.63, 3.8) is 0 Å². The van der Waals surface area contributed by atoms with Crippen LogP contribution in [0.1, 0.15) is 12.0 Å². The molecule has 0 saturated heterocycles. The molecule has 0 fully saturated rings. The van der Waals surface area contributed by atoms with Crippen LogP contribution in [0.25, 0.3) is 6.08 Å². The number of hydrogen-bond donors (Lipinski definition) is 0. The first-order valence-corrected chi connectivity index (χ1v) is 4.97. The molecule has 1 aliphatic heterocycles. The van der Waals surface area contributed by atoms with Gasteiger partial charge >= 0.3 is 0 Å². The smallest absolute Gasteiger partial charge is 0.235 e. The molecule has 0 unspecified atom stereocenters. The van der Waals surface area contributed by atoms with Crippen molar-refractivity contribution in [2.45, 2.75) is 6.42 Å². The van der Waals surface area contributed by atoms with Crippen LogP contribution in [0.2, 0.25) is 0 Å². The minimum Gasteiger partial charge on any atom is -0.490 e. The minimum absolute atomic E-state index is 0.497. The predicted molar refractivity (Wildman–Crippen MR) is 58.1 cm³/mol. The van der Waals surface area contributed by atoms with Gasteiger partial charge in [-0.15, -0.1) is 0 Å². The van der Waals surface area contributed by atoms with E-state index in [0.29, 0.717) is 24.7 Å². The van der Waals surface area contributed by atoms with E-state index in [9.17, 15) is 10.1 Å². The van der Waals surface area contributed by atoms with E-state index in [4.69, 9.17) is 9.47 Å². The first-order valence-electron chi connectivity index (χ1n) is 4.97. The van der Waals surface area contributed by atoms with Gasteiger partial charge in [0.05, 0.1) is 18.1 Å². The van der Waals surface area contributed by atoms with Gasteiger partial charge in [-0.05, 0) is 17.7 Å². The first kappa shape index (κ1) is 10.5. The second-order valence-corrected chi connectivity index (χ2v) is 3.36. The molecular formula is C11H11NO4. The molecule has 0 atom stereocenters. The summed E-state index contributed by atoms with van der Waals surface area (Å²) in [5, 5.41) is 10.2. The zero-order valence-corrected chi connectivity index (χ0v) is 8.59. The molecule has 0 radical (unpaired) electrons. The van der Waals surface area contributed by atoms with Crippen LogP contribution in [0, 0.1) is 10.1 Å². The molecule has 5 heteroatoms. The van der Waals surface area contributed by atoms with Crippen LogP contribution in [0.3, 0.4) is 0 Å². The summed E-state index contributed by atoms with van der Waals surface area (Å²) in [4.78, 5) is 9.68. The predicted octanol–water partition coefficient (Wildman–Crippen LogP) is 2.10. The Labute approximate surface area is 92.4 Å². The molecule has 1 heterocycles. The molecule has 0 amide bonds. The van der Waals surface area contributed by atoms with Crippen LogP contribution in [0.15, 0.2) is 24.4 Å². The molecule has 5 nitrogen and oxygen atoms in total. The van der Waals surface area contributed by atoms with Gasteiger partial charge in [-0.25, -0.2) is 0 Å². The Morgan fingerprint density at radius 2 is 2.00 bits per heavy atom. The Kier molecular flexibility index (Phi) is 3.05. The quantitative estimate of drug-likeness (QED) is 0.566. The van der Waals surface area contributed by atoms with Crippen molar-refractivity contribution in [1.82, 2.24) is 0 Å². The lowest BCUT2D eigenvalue weighted by Crippen LogP contribution is -1.97. The van der Waals surface area contributed by atoms with E-state index < -0.39 is 4.92 Å². The summed E-state index contributed by atoms with van der Waals surface area (Å²) in [5.74, 6) is 1.33. The number of nitro groups is 1. The second kappa shape index (κ2) is 4.65. The maximum atomic E-state index is 10.2. The summed E-state index contributed by atoms with van der Waals surface area (Å²) in [6, 6.07) is 5.26. The largest absolute Gasteiger partial charge is 0.490 e. The van der Waals surface area contributed by atoms with Gasteiger partial charge in [-0.2, -0.15) is 0 Å². The van der Waals surface area contributed by atoms with E-state index in [1.165, 1.54) is 6.08 Å². The topological polar surface area (TPSA) is 61.6 Å².